The highest BCUT2D eigenvalue weighted by Gasteiger charge is 2.11. The molecule has 0 aliphatic rings. The molecule has 1 amide bonds. The number of anilines is 1. The maximum atomic E-state index is 12.4. The van der Waals surface area contributed by atoms with Crippen LogP contribution in [0.15, 0.2) is 83.8 Å². The molecule has 0 saturated heterocycles. The SMILES string of the molecule is CC(NCc1cccc(C(=O)Nc2ccccc2)c1)c1ccc(S(N)(=O)=O)cc1. The lowest BCUT2D eigenvalue weighted by atomic mass is 10.1. The number of benzene rings is 3. The summed E-state index contributed by atoms with van der Waals surface area (Å²) >= 11 is 0. The first kappa shape index (κ1) is 20.7. The van der Waals surface area contributed by atoms with Crippen LogP contribution in [0.1, 0.15) is 34.5 Å². The molecule has 6 nitrogen and oxygen atoms in total. The van der Waals surface area contributed by atoms with E-state index in [1.165, 1.54) is 12.1 Å². The van der Waals surface area contributed by atoms with E-state index in [0.717, 1.165) is 16.8 Å². The van der Waals surface area contributed by atoms with Gasteiger partial charge in [-0.25, -0.2) is 13.6 Å². The van der Waals surface area contributed by atoms with Gasteiger partial charge in [0.05, 0.1) is 4.90 Å². The van der Waals surface area contributed by atoms with Gasteiger partial charge >= 0.3 is 0 Å². The summed E-state index contributed by atoms with van der Waals surface area (Å²) in [5.74, 6) is -0.162. The summed E-state index contributed by atoms with van der Waals surface area (Å²) in [5, 5.41) is 11.4. The summed E-state index contributed by atoms with van der Waals surface area (Å²) in [4.78, 5) is 12.5. The van der Waals surface area contributed by atoms with Gasteiger partial charge in [0.15, 0.2) is 0 Å². The average molecular weight is 410 g/mol. The highest BCUT2D eigenvalue weighted by molar-refractivity contribution is 7.89. The fourth-order valence-electron chi connectivity index (χ4n) is 2.88. The Morgan fingerprint density at radius 1 is 0.966 bits per heavy atom. The predicted molar refractivity (Wildman–Crippen MR) is 114 cm³/mol. The fourth-order valence-corrected chi connectivity index (χ4v) is 3.40. The van der Waals surface area contributed by atoms with E-state index in [1.54, 1.807) is 18.2 Å². The normalized spacial score (nSPS) is 12.3. The summed E-state index contributed by atoms with van der Waals surface area (Å²) in [6.45, 7) is 2.54. The molecule has 0 aromatic heterocycles. The van der Waals surface area contributed by atoms with Gasteiger partial charge < -0.3 is 10.6 Å². The van der Waals surface area contributed by atoms with Gasteiger partial charge in [0.1, 0.15) is 0 Å². The van der Waals surface area contributed by atoms with Gasteiger partial charge in [-0.05, 0) is 54.4 Å². The molecule has 0 heterocycles. The Labute approximate surface area is 170 Å². The molecule has 7 heteroatoms. The Morgan fingerprint density at radius 3 is 2.31 bits per heavy atom. The lowest BCUT2D eigenvalue weighted by molar-refractivity contribution is 0.102. The van der Waals surface area contributed by atoms with Gasteiger partial charge in [-0.2, -0.15) is 0 Å². The minimum Gasteiger partial charge on any atom is -0.322 e. The zero-order chi connectivity index (χ0) is 20.9. The second kappa shape index (κ2) is 9.00. The predicted octanol–water partition coefficient (Wildman–Crippen LogP) is 3.44. The van der Waals surface area contributed by atoms with Crippen LogP contribution in [0, 0.1) is 0 Å². The standard InChI is InChI=1S/C22H23N3O3S/c1-16(18-10-12-21(13-11-18)29(23,27)28)24-15-17-6-5-7-19(14-17)22(26)25-20-8-3-2-4-9-20/h2-14,16,24H,15H2,1H3,(H,25,26)(H2,23,27,28). The van der Waals surface area contributed by atoms with Crippen LogP contribution in [0.2, 0.25) is 0 Å². The van der Waals surface area contributed by atoms with Crippen LogP contribution in [0.5, 0.6) is 0 Å². The van der Waals surface area contributed by atoms with Crippen molar-refractivity contribution in [3.05, 3.63) is 95.6 Å². The summed E-state index contributed by atoms with van der Waals surface area (Å²) in [6.07, 6.45) is 0. The van der Waals surface area contributed by atoms with Crippen molar-refractivity contribution >= 4 is 21.6 Å². The van der Waals surface area contributed by atoms with E-state index in [4.69, 9.17) is 5.14 Å². The molecule has 150 valence electrons. The van der Waals surface area contributed by atoms with Gasteiger partial charge in [-0.3, -0.25) is 4.79 Å². The maximum absolute atomic E-state index is 12.4. The first-order valence-electron chi connectivity index (χ1n) is 9.14. The molecule has 0 radical (unpaired) electrons. The van der Waals surface area contributed by atoms with Crippen molar-refractivity contribution in [1.29, 1.82) is 0 Å². The van der Waals surface area contributed by atoms with E-state index in [2.05, 4.69) is 10.6 Å². The lowest BCUT2D eigenvalue weighted by Gasteiger charge is -2.15. The smallest absolute Gasteiger partial charge is 0.255 e. The molecule has 0 aliphatic heterocycles. The summed E-state index contributed by atoms with van der Waals surface area (Å²) in [5.41, 5.74) is 3.24. The second-order valence-corrected chi connectivity index (χ2v) is 8.30. The van der Waals surface area contributed by atoms with Gasteiger partial charge in [-0.15, -0.1) is 0 Å². The van der Waals surface area contributed by atoms with Crippen molar-refractivity contribution in [1.82, 2.24) is 5.32 Å². The van der Waals surface area contributed by atoms with E-state index in [9.17, 15) is 13.2 Å². The van der Waals surface area contributed by atoms with Crippen molar-refractivity contribution in [3.8, 4) is 0 Å². The van der Waals surface area contributed by atoms with E-state index in [0.29, 0.717) is 12.1 Å². The Morgan fingerprint density at radius 2 is 1.66 bits per heavy atom. The second-order valence-electron chi connectivity index (χ2n) is 6.74. The average Bonchev–Trinajstić information content (AvgIpc) is 2.72. The molecule has 3 aromatic carbocycles. The van der Waals surface area contributed by atoms with Crippen LogP contribution in [0.4, 0.5) is 5.69 Å². The fraction of sp³-hybridized carbons (Fsp3) is 0.136. The molecule has 1 atom stereocenters. The molecule has 0 bridgehead atoms. The van der Waals surface area contributed by atoms with Gasteiger partial charge in [-0.1, -0.05) is 42.5 Å². The molecule has 0 spiro atoms. The lowest BCUT2D eigenvalue weighted by Crippen LogP contribution is -2.19. The Balaban J connectivity index is 1.62. The zero-order valence-corrected chi connectivity index (χ0v) is 16.8. The summed E-state index contributed by atoms with van der Waals surface area (Å²) in [6, 6.07) is 23.2. The largest absolute Gasteiger partial charge is 0.322 e. The van der Waals surface area contributed by atoms with Crippen molar-refractivity contribution in [3.63, 3.8) is 0 Å². The molecular weight excluding hydrogens is 386 g/mol. The number of nitrogens with two attached hydrogens (primary N) is 1. The van der Waals surface area contributed by atoms with Crippen molar-refractivity contribution < 1.29 is 13.2 Å². The van der Waals surface area contributed by atoms with E-state index >= 15 is 0 Å². The first-order chi connectivity index (χ1) is 13.8. The van der Waals surface area contributed by atoms with E-state index in [1.807, 2.05) is 55.5 Å². The Hall–Kier alpha value is -3.00. The van der Waals surface area contributed by atoms with Gasteiger partial charge in [0, 0.05) is 23.8 Å². The Kier molecular flexibility index (Phi) is 6.43. The molecule has 3 rings (SSSR count). The summed E-state index contributed by atoms with van der Waals surface area (Å²) in [7, 11) is -3.69. The van der Waals surface area contributed by atoms with Crippen LogP contribution < -0.4 is 15.8 Å². The maximum Gasteiger partial charge on any atom is 0.255 e. The minimum absolute atomic E-state index is 0.00803. The van der Waals surface area contributed by atoms with Crippen molar-refractivity contribution in [2.24, 2.45) is 5.14 Å². The van der Waals surface area contributed by atoms with E-state index in [-0.39, 0.29) is 16.8 Å². The number of rotatable bonds is 7. The highest BCUT2D eigenvalue weighted by Crippen LogP contribution is 2.17. The third kappa shape index (κ3) is 5.74. The molecule has 1 unspecified atom stereocenters. The molecular formula is C22H23N3O3S. The molecule has 0 aliphatic carbocycles. The number of carbonyl (C=O) groups excluding carboxylic acids is 1. The number of hydrogen-bond donors (Lipinski definition) is 3. The number of sulfonamides is 1. The van der Waals surface area contributed by atoms with Crippen LogP contribution in [-0.2, 0) is 16.6 Å². The highest BCUT2D eigenvalue weighted by atomic mass is 32.2. The number of carbonyl (C=O) groups is 1. The van der Waals surface area contributed by atoms with Gasteiger partial charge in [0.25, 0.3) is 5.91 Å². The number of hydrogen-bond acceptors (Lipinski definition) is 4. The molecule has 0 saturated carbocycles. The zero-order valence-electron chi connectivity index (χ0n) is 16.0. The van der Waals surface area contributed by atoms with Gasteiger partial charge in [0.2, 0.25) is 10.0 Å². The van der Waals surface area contributed by atoms with Crippen LogP contribution in [-0.4, -0.2) is 14.3 Å². The van der Waals surface area contributed by atoms with Crippen molar-refractivity contribution in [2.45, 2.75) is 24.4 Å². The molecule has 4 N–H and O–H groups in total. The first-order valence-corrected chi connectivity index (χ1v) is 10.7. The van der Waals surface area contributed by atoms with E-state index < -0.39 is 10.0 Å². The topological polar surface area (TPSA) is 101 Å². The molecule has 0 fully saturated rings. The quantitative estimate of drug-likeness (QED) is 0.556. The third-order valence-corrected chi connectivity index (χ3v) is 5.47. The third-order valence-electron chi connectivity index (χ3n) is 4.54. The molecule has 29 heavy (non-hydrogen) atoms. The minimum atomic E-state index is -3.69. The van der Waals surface area contributed by atoms with Crippen LogP contribution in [0.25, 0.3) is 0 Å². The number of para-hydroxylation sites is 1. The number of amides is 1. The monoisotopic (exact) mass is 409 g/mol. The van der Waals surface area contributed by atoms with Crippen molar-refractivity contribution in [2.75, 3.05) is 5.32 Å². The molecule has 3 aromatic rings. The van der Waals surface area contributed by atoms with Crippen LogP contribution in [0.3, 0.4) is 0 Å². The number of primary sulfonamides is 1. The summed E-state index contributed by atoms with van der Waals surface area (Å²) < 4.78 is 22.7. The van der Waals surface area contributed by atoms with Crippen LogP contribution >= 0.6 is 0 Å². The number of nitrogens with one attached hydrogen (secondary N) is 2. The Bertz CT molecular complexity index is 1080.